The van der Waals surface area contributed by atoms with Crippen LogP contribution in [0.4, 0.5) is 0 Å². The number of nitrogens with zero attached hydrogens (tertiary/aromatic N) is 3. The molecule has 3 unspecified atom stereocenters. The van der Waals surface area contributed by atoms with E-state index in [1.165, 1.54) is 0 Å². The Bertz CT molecular complexity index is 461. The molecule has 0 radical (unpaired) electrons. The summed E-state index contributed by atoms with van der Waals surface area (Å²) >= 11 is 0. The third kappa shape index (κ3) is 8.88. The Morgan fingerprint density at radius 3 is 2.00 bits per heavy atom. The van der Waals surface area contributed by atoms with Crippen molar-refractivity contribution in [1.82, 2.24) is 40.1 Å². The van der Waals surface area contributed by atoms with Crippen LogP contribution in [0.3, 0.4) is 0 Å². The molecule has 9 nitrogen and oxygen atoms in total. The van der Waals surface area contributed by atoms with Crippen LogP contribution in [0.2, 0.25) is 0 Å². The van der Waals surface area contributed by atoms with Gasteiger partial charge in [0.25, 0.3) is 0 Å². The van der Waals surface area contributed by atoms with Crippen LogP contribution >= 0.6 is 24.6 Å². The van der Waals surface area contributed by atoms with Crippen molar-refractivity contribution in [2.45, 2.75) is 80.1 Å². The van der Waals surface area contributed by atoms with Crippen LogP contribution in [0.5, 0.6) is 0 Å². The Hall–Kier alpha value is 0.640. The monoisotopic (exact) mass is 482 g/mol. The fraction of sp³-hybridized carbons (Fsp3) is 0.944. The summed E-state index contributed by atoms with van der Waals surface area (Å²) in [7, 11) is -3.81. The Morgan fingerprint density at radius 1 is 0.800 bits per heavy atom. The smallest absolute Gasteiger partial charge is 0.267 e. The summed E-state index contributed by atoms with van der Waals surface area (Å²) in [6.07, 6.45) is 8.44. The molecule has 0 aromatic rings. The van der Waals surface area contributed by atoms with Gasteiger partial charge in [-0.15, -0.1) is 9.64 Å². The molecule has 0 amide bonds. The normalized spacial score (nSPS) is 26.1. The SMILES string of the molecule is CCC=N[P+]1(NCCC)NP(NCCC)N(NCCC)P(NCCC)N1NCCC. The van der Waals surface area contributed by atoms with Crippen molar-refractivity contribution >= 4 is 30.8 Å². The predicted octanol–water partition coefficient (Wildman–Crippen LogP) is 4.63. The van der Waals surface area contributed by atoms with Gasteiger partial charge in [0.2, 0.25) is 0 Å². The van der Waals surface area contributed by atoms with Gasteiger partial charge in [-0.1, -0.05) is 51.2 Å². The molecule has 12 heteroatoms. The molecule has 3 atom stereocenters. The minimum atomic E-state index is -2.18. The molecule has 30 heavy (non-hydrogen) atoms. The number of hydrogen-bond acceptors (Lipinski definition) is 9. The fourth-order valence-corrected chi connectivity index (χ4v) is 12.7. The lowest BCUT2D eigenvalue weighted by Gasteiger charge is -2.48. The summed E-state index contributed by atoms with van der Waals surface area (Å²) in [4.78, 5) is 3.95. The number of rotatable bonds is 17. The molecule has 1 fully saturated rings. The predicted molar refractivity (Wildman–Crippen MR) is 138 cm³/mol. The van der Waals surface area contributed by atoms with Crippen molar-refractivity contribution < 1.29 is 0 Å². The van der Waals surface area contributed by atoms with Gasteiger partial charge in [0.05, 0.1) is 0 Å². The van der Waals surface area contributed by atoms with E-state index in [-0.39, 0.29) is 0 Å². The lowest BCUT2D eigenvalue weighted by Crippen LogP contribution is -2.56. The largest absolute Gasteiger partial charge is 0.375 e. The standard InChI is InChI=1S/C18H47N9P3/c1-7-13-19-26-28(21-15-9-3)25-30(23-17-11-5,24-18-12-6)27(20-14-8-2)29(26)22-16-10-4/h17,19-22,24-25H,7-16,18H2,1-6H3/q+1. The van der Waals surface area contributed by atoms with Crippen LogP contribution in [-0.4, -0.2) is 48.0 Å². The van der Waals surface area contributed by atoms with Gasteiger partial charge in [-0.25, -0.2) is 10.9 Å². The first-order chi connectivity index (χ1) is 14.6. The molecule has 1 saturated heterocycles. The summed E-state index contributed by atoms with van der Waals surface area (Å²) in [5.74, 6) is 0. The number of nitrogens with one attached hydrogen (secondary N) is 6. The highest BCUT2D eigenvalue weighted by atomic mass is 31.3. The Balaban J connectivity index is 3.39. The van der Waals surface area contributed by atoms with Gasteiger partial charge in [-0.2, -0.15) is 0 Å². The first-order valence-electron chi connectivity index (χ1n) is 11.7. The Kier molecular flexibility index (Phi) is 16.4. The van der Waals surface area contributed by atoms with Crippen molar-refractivity contribution in [3.05, 3.63) is 0 Å². The topological polar surface area (TPSA) is 91.0 Å². The molecule has 1 heterocycles. The van der Waals surface area contributed by atoms with Crippen molar-refractivity contribution in [3.63, 3.8) is 0 Å². The molecular formula is C18H47N9P3+. The third-order valence-corrected chi connectivity index (χ3v) is 12.7. The molecule has 0 aliphatic carbocycles. The van der Waals surface area contributed by atoms with E-state index < -0.39 is 24.6 Å². The molecule has 0 saturated carbocycles. The zero-order valence-corrected chi connectivity index (χ0v) is 22.7. The van der Waals surface area contributed by atoms with Crippen LogP contribution in [-0.2, 0) is 0 Å². The van der Waals surface area contributed by atoms with Crippen molar-refractivity contribution in [2.24, 2.45) is 4.76 Å². The molecule has 0 spiro atoms. The quantitative estimate of drug-likeness (QED) is 0.132. The van der Waals surface area contributed by atoms with Crippen LogP contribution in [0.15, 0.2) is 4.76 Å². The first-order valence-corrected chi connectivity index (χ1v) is 16.0. The maximum absolute atomic E-state index is 5.16. The van der Waals surface area contributed by atoms with E-state index in [2.05, 4.69) is 87.8 Å². The minimum absolute atomic E-state index is 0.791. The average Bonchev–Trinajstić information content (AvgIpc) is 2.76. The van der Waals surface area contributed by atoms with Gasteiger partial charge in [0, 0.05) is 38.9 Å². The van der Waals surface area contributed by atoms with Crippen LogP contribution in [0.1, 0.15) is 80.1 Å². The summed E-state index contributed by atoms with van der Waals surface area (Å²) in [6.45, 7) is 18.0. The van der Waals surface area contributed by atoms with Crippen molar-refractivity contribution in [2.75, 3.05) is 32.7 Å². The molecule has 0 bridgehead atoms. The van der Waals surface area contributed by atoms with Gasteiger partial charge in [0.1, 0.15) is 0 Å². The molecule has 1 rings (SSSR count). The molecule has 0 aromatic heterocycles. The highest BCUT2D eigenvalue weighted by Crippen LogP contribution is 2.74. The second-order valence-corrected chi connectivity index (χ2v) is 13.7. The molecule has 178 valence electrons. The number of hydrogen-bond donors (Lipinski definition) is 6. The van der Waals surface area contributed by atoms with Gasteiger partial charge >= 0.3 is 7.87 Å². The van der Waals surface area contributed by atoms with Crippen molar-refractivity contribution in [1.29, 1.82) is 0 Å². The molecular weight excluding hydrogens is 435 g/mol. The summed E-state index contributed by atoms with van der Waals surface area (Å²) in [6, 6.07) is 0. The second kappa shape index (κ2) is 17.2. The molecule has 0 aromatic carbocycles. The summed E-state index contributed by atoms with van der Waals surface area (Å²) in [5.41, 5.74) is 7.44. The van der Waals surface area contributed by atoms with Gasteiger partial charge < -0.3 is 0 Å². The van der Waals surface area contributed by atoms with Gasteiger partial charge in [-0.3, -0.25) is 10.2 Å². The van der Waals surface area contributed by atoms with E-state index in [4.69, 9.17) is 4.76 Å². The van der Waals surface area contributed by atoms with E-state index in [0.717, 1.165) is 71.2 Å². The van der Waals surface area contributed by atoms with E-state index in [1.54, 1.807) is 0 Å². The summed E-state index contributed by atoms with van der Waals surface area (Å²) < 4.78 is 9.98. The van der Waals surface area contributed by atoms with Gasteiger partial charge in [-0.05, 0) is 43.1 Å². The Morgan fingerprint density at radius 2 is 1.40 bits per heavy atom. The first kappa shape index (κ1) is 28.7. The average molecular weight is 483 g/mol. The highest BCUT2D eigenvalue weighted by Gasteiger charge is 2.60. The zero-order valence-electron chi connectivity index (χ0n) is 20.0. The lowest BCUT2D eigenvalue weighted by molar-refractivity contribution is 0.409. The van der Waals surface area contributed by atoms with Crippen LogP contribution < -0.4 is 31.0 Å². The summed E-state index contributed by atoms with van der Waals surface area (Å²) in [5, 5.41) is 11.5. The second-order valence-electron chi connectivity index (χ2n) is 7.13. The Labute approximate surface area is 188 Å². The van der Waals surface area contributed by atoms with Crippen LogP contribution in [0.25, 0.3) is 0 Å². The van der Waals surface area contributed by atoms with E-state index in [9.17, 15) is 0 Å². The highest BCUT2D eigenvalue weighted by molar-refractivity contribution is 7.88. The molecule has 6 N–H and O–H groups in total. The van der Waals surface area contributed by atoms with E-state index in [0.29, 0.717) is 0 Å². The fourth-order valence-electron chi connectivity index (χ4n) is 2.59. The molecule has 1 aliphatic heterocycles. The van der Waals surface area contributed by atoms with Gasteiger partial charge in [0.15, 0.2) is 16.7 Å². The maximum atomic E-state index is 5.16. The molecule has 1 aliphatic rings. The third-order valence-electron chi connectivity index (χ3n) is 4.09. The lowest BCUT2D eigenvalue weighted by atomic mass is 10.5. The van der Waals surface area contributed by atoms with E-state index in [1.807, 2.05) is 0 Å². The minimum Gasteiger partial charge on any atom is -0.267 e. The number of hydrazine groups is 2. The maximum Gasteiger partial charge on any atom is 0.375 e. The van der Waals surface area contributed by atoms with E-state index >= 15 is 0 Å². The van der Waals surface area contributed by atoms with Crippen molar-refractivity contribution in [3.8, 4) is 0 Å². The zero-order chi connectivity index (χ0) is 22.2. The van der Waals surface area contributed by atoms with Crippen LogP contribution in [0, 0.1) is 0 Å².